The molecule has 1 fully saturated rings. The first kappa shape index (κ1) is 20.3. The zero-order valence-corrected chi connectivity index (χ0v) is 17.3. The first-order valence-electron chi connectivity index (χ1n) is 9.40. The van der Waals surface area contributed by atoms with Crippen LogP contribution in [0, 0.1) is 5.41 Å². The second-order valence-electron chi connectivity index (χ2n) is 7.49. The van der Waals surface area contributed by atoms with E-state index in [1.807, 2.05) is 0 Å². The number of carbonyl (C=O) groups is 1. The standard InChI is InChI=1S/C21H26N2O2S.ClH/c1-25-14-21(8-10-22-11-9-21)13-23-20(24)18-12-16-7-6-15-4-2-3-5-17(15)19(16)26-18;/h2-5,12,22H,6-11,13-14H2,1H3,(H,23,24);1H. The summed E-state index contributed by atoms with van der Waals surface area (Å²) in [6.45, 7) is 3.36. The van der Waals surface area contributed by atoms with Crippen molar-refractivity contribution in [2.45, 2.75) is 25.7 Å². The van der Waals surface area contributed by atoms with Crippen molar-refractivity contribution in [2.24, 2.45) is 5.41 Å². The van der Waals surface area contributed by atoms with Gasteiger partial charge in [-0.05, 0) is 61.5 Å². The van der Waals surface area contributed by atoms with Crippen molar-refractivity contribution < 1.29 is 9.53 Å². The van der Waals surface area contributed by atoms with Crippen LogP contribution in [0.2, 0.25) is 0 Å². The highest BCUT2D eigenvalue weighted by Gasteiger charge is 2.33. The summed E-state index contributed by atoms with van der Waals surface area (Å²) in [6, 6.07) is 10.6. The topological polar surface area (TPSA) is 50.4 Å². The molecule has 1 aromatic carbocycles. The van der Waals surface area contributed by atoms with Gasteiger partial charge in [0, 0.05) is 23.9 Å². The number of halogens is 1. The van der Waals surface area contributed by atoms with E-state index >= 15 is 0 Å². The van der Waals surface area contributed by atoms with Crippen molar-refractivity contribution in [3.05, 3.63) is 46.3 Å². The molecule has 0 spiro atoms. The number of amides is 1. The Hall–Kier alpha value is -1.40. The fraction of sp³-hybridized carbons (Fsp3) is 0.476. The van der Waals surface area contributed by atoms with E-state index in [4.69, 9.17) is 4.74 Å². The third kappa shape index (κ3) is 4.21. The van der Waals surface area contributed by atoms with Gasteiger partial charge < -0.3 is 15.4 Å². The Morgan fingerprint density at radius 3 is 2.74 bits per heavy atom. The Kier molecular flexibility index (Phi) is 6.58. The van der Waals surface area contributed by atoms with E-state index in [0.29, 0.717) is 13.2 Å². The summed E-state index contributed by atoms with van der Waals surface area (Å²) < 4.78 is 5.45. The lowest BCUT2D eigenvalue weighted by Crippen LogP contribution is -2.47. The van der Waals surface area contributed by atoms with Crippen molar-refractivity contribution in [1.82, 2.24) is 10.6 Å². The second-order valence-corrected chi connectivity index (χ2v) is 8.54. The fourth-order valence-electron chi connectivity index (χ4n) is 4.17. The third-order valence-electron chi connectivity index (χ3n) is 5.70. The van der Waals surface area contributed by atoms with Gasteiger partial charge in [0.1, 0.15) is 0 Å². The lowest BCUT2D eigenvalue weighted by atomic mass is 9.79. The van der Waals surface area contributed by atoms with Gasteiger partial charge in [-0.2, -0.15) is 0 Å². The van der Waals surface area contributed by atoms with Crippen LogP contribution in [0.4, 0.5) is 0 Å². The molecule has 6 heteroatoms. The van der Waals surface area contributed by atoms with Crippen LogP contribution < -0.4 is 10.6 Å². The van der Waals surface area contributed by atoms with Crippen LogP contribution in [0.15, 0.2) is 30.3 Å². The van der Waals surface area contributed by atoms with E-state index in [9.17, 15) is 4.79 Å². The number of benzene rings is 1. The Balaban J connectivity index is 0.00000210. The molecule has 0 atom stereocenters. The summed E-state index contributed by atoms with van der Waals surface area (Å²) in [7, 11) is 1.75. The molecule has 1 amide bonds. The van der Waals surface area contributed by atoms with E-state index < -0.39 is 0 Å². The smallest absolute Gasteiger partial charge is 0.261 e. The Morgan fingerprint density at radius 2 is 1.96 bits per heavy atom. The SMILES string of the molecule is COCC1(CNC(=O)c2cc3c(s2)-c2ccccc2CC3)CCNCC1.Cl. The number of hydrogen-bond donors (Lipinski definition) is 2. The molecular formula is C21H27ClN2O2S. The average molecular weight is 407 g/mol. The van der Waals surface area contributed by atoms with Crippen LogP contribution >= 0.6 is 23.7 Å². The summed E-state index contributed by atoms with van der Waals surface area (Å²) in [5.41, 5.74) is 4.06. The predicted molar refractivity (Wildman–Crippen MR) is 113 cm³/mol. The zero-order chi connectivity index (χ0) is 18.0. The molecule has 1 aliphatic heterocycles. The molecule has 1 saturated heterocycles. The molecule has 2 heterocycles. The third-order valence-corrected chi connectivity index (χ3v) is 6.91. The van der Waals surface area contributed by atoms with Crippen molar-refractivity contribution >= 4 is 29.7 Å². The first-order chi connectivity index (χ1) is 12.7. The highest BCUT2D eigenvalue weighted by atomic mass is 35.5. The van der Waals surface area contributed by atoms with Crippen molar-refractivity contribution in [2.75, 3.05) is 33.4 Å². The predicted octanol–water partition coefficient (Wildman–Crippen LogP) is 3.68. The van der Waals surface area contributed by atoms with Crippen LogP contribution in [0.5, 0.6) is 0 Å². The van der Waals surface area contributed by atoms with Gasteiger partial charge in [0.05, 0.1) is 11.5 Å². The summed E-state index contributed by atoms with van der Waals surface area (Å²) in [4.78, 5) is 14.9. The van der Waals surface area contributed by atoms with Gasteiger partial charge in [-0.15, -0.1) is 23.7 Å². The van der Waals surface area contributed by atoms with Crippen LogP contribution in [-0.2, 0) is 17.6 Å². The summed E-state index contributed by atoms with van der Waals surface area (Å²) in [5, 5.41) is 6.58. The molecule has 27 heavy (non-hydrogen) atoms. The summed E-state index contributed by atoms with van der Waals surface area (Å²) in [5.74, 6) is 0.0518. The molecule has 2 aromatic rings. The Labute approximate surface area is 171 Å². The normalized spacial score (nSPS) is 17.4. The van der Waals surface area contributed by atoms with Crippen LogP contribution in [0.25, 0.3) is 10.4 Å². The van der Waals surface area contributed by atoms with Crippen LogP contribution in [0.3, 0.4) is 0 Å². The summed E-state index contributed by atoms with van der Waals surface area (Å²) in [6.07, 6.45) is 4.16. The van der Waals surface area contributed by atoms with Crippen molar-refractivity contribution in [1.29, 1.82) is 0 Å². The highest BCUT2D eigenvalue weighted by molar-refractivity contribution is 7.17. The number of carbonyl (C=O) groups excluding carboxylic acids is 1. The minimum absolute atomic E-state index is 0. The number of rotatable bonds is 5. The molecule has 0 bridgehead atoms. The van der Waals surface area contributed by atoms with Gasteiger partial charge in [0.15, 0.2) is 0 Å². The molecule has 146 valence electrons. The minimum atomic E-state index is 0. The number of piperidine rings is 1. The number of hydrogen-bond acceptors (Lipinski definition) is 4. The second kappa shape index (κ2) is 8.74. The lowest BCUT2D eigenvalue weighted by Gasteiger charge is -2.37. The minimum Gasteiger partial charge on any atom is -0.384 e. The van der Waals surface area contributed by atoms with Gasteiger partial charge in [0.25, 0.3) is 5.91 Å². The molecule has 0 unspecified atom stereocenters. The van der Waals surface area contributed by atoms with Gasteiger partial charge in [-0.1, -0.05) is 24.3 Å². The van der Waals surface area contributed by atoms with Gasteiger partial charge in [-0.25, -0.2) is 0 Å². The van der Waals surface area contributed by atoms with Crippen LogP contribution in [-0.4, -0.2) is 39.3 Å². The Bertz CT molecular complexity index is 794. The maximum Gasteiger partial charge on any atom is 0.261 e. The zero-order valence-electron chi connectivity index (χ0n) is 15.7. The number of nitrogens with one attached hydrogen (secondary N) is 2. The molecule has 4 nitrogen and oxygen atoms in total. The first-order valence-corrected chi connectivity index (χ1v) is 10.2. The fourth-order valence-corrected chi connectivity index (χ4v) is 5.36. The summed E-state index contributed by atoms with van der Waals surface area (Å²) >= 11 is 1.63. The van der Waals surface area contributed by atoms with E-state index in [-0.39, 0.29) is 23.7 Å². The molecule has 0 radical (unpaired) electrons. The number of aryl methyl sites for hydroxylation is 2. The van der Waals surface area contributed by atoms with Gasteiger partial charge in [-0.3, -0.25) is 4.79 Å². The van der Waals surface area contributed by atoms with Gasteiger partial charge in [0.2, 0.25) is 0 Å². The Morgan fingerprint density at radius 1 is 1.22 bits per heavy atom. The molecule has 2 N–H and O–H groups in total. The molecule has 0 saturated carbocycles. The molecule has 4 rings (SSSR count). The van der Waals surface area contributed by atoms with Crippen LogP contribution in [0.1, 0.15) is 33.6 Å². The molecular weight excluding hydrogens is 380 g/mol. The molecule has 1 aliphatic carbocycles. The number of fused-ring (bicyclic) bond motifs is 3. The maximum atomic E-state index is 12.8. The van der Waals surface area contributed by atoms with E-state index in [1.54, 1.807) is 18.4 Å². The molecule has 1 aromatic heterocycles. The maximum absolute atomic E-state index is 12.8. The quantitative estimate of drug-likeness (QED) is 0.796. The number of thiophene rings is 1. The van der Waals surface area contributed by atoms with Crippen molar-refractivity contribution in [3.8, 4) is 10.4 Å². The van der Waals surface area contributed by atoms with E-state index in [2.05, 4.69) is 41.0 Å². The largest absolute Gasteiger partial charge is 0.384 e. The average Bonchev–Trinajstić information content (AvgIpc) is 3.12. The number of methoxy groups -OCH3 is 1. The van der Waals surface area contributed by atoms with Crippen molar-refractivity contribution in [3.63, 3.8) is 0 Å². The molecule has 2 aliphatic rings. The van der Waals surface area contributed by atoms with E-state index in [0.717, 1.165) is 43.6 Å². The van der Waals surface area contributed by atoms with Gasteiger partial charge >= 0.3 is 0 Å². The van der Waals surface area contributed by atoms with E-state index in [1.165, 1.54) is 21.6 Å². The lowest BCUT2D eigenvalue weighted by molar-refractivity contribution is 0.0512. The highest BCUT2D eigenvalue weighted by Crippen LogP contribution is 2.39. The number of ether oxygens (including phenoxy) is 1. The monoisotopic (exact) mass is 406 g/mol.